The molecule has 0 amide bonds. The first-order valence-corrected chi connectivity index (χ1v) is 10.7. The highest BCUT2D eigenvalue weighted by molar-refractivity contribution is 7.15. The number of thiophene rings is 2. The molecule has 3 nitrogen and oxygen atoms in total. The topological polar surface area (TPSA) is 37.8 Å². The van der Waals surface area contributed by atoms with Crippen LogP contribution in [-0.2, 0) is 12.8 Å². The Balaban J connectivity index is 1.21. The molecule has 0 spiro atoms. The zero-order chi connectivity index (χ0) is 18.3. The number of nitrogens with zero attached hydrogens (tertiary/aromatic N) is 2. The van der Waals surface area contributed by atoms with Crippen molar-refractivity contribution < 1.29 is 0 Å². The number of hydrogen-bond acceptors (Lipinski definition) is 5. The molecular weight excluding hydrogens is 370 g/mol. The molecule has 0 atom stereocenters. The van der Waals surface area contributed by atoms with Crippen LogP contribution >= 0.6 is 22.7 Å². The molecule has 4 aromatic rings. The van der Waals surface area contributed by atoms with Crippen LogP contribution in [0.5, 0.6) is 0 Å². The van der Waals surface area contributed by atoms with Gasteiger partial charge in [0.05, 0.1) is 0 Å². The molecule has 0 fully saturated rings. The average molecular weight is 392 g/mol. The fourth-order valence-electron chi connectivity index (χ4n) is 2.90. The lowest BCUT2D eigenvalue weighted by Gasteiger charge is -2.02. The fraction of sp³-hybridized carbons (Fsp3) is 0.182. The van der Waals surface area contributed by atoms with Gasteiger partial charge in [0.25, 0.3) is 0 Å². The van der Waals surface area contributed by atoms with E-state index in [0.29, 0.717) is 0 Å². The van der Waals surface area contributed by atoms with Crippen LogP contribution in [0, 0.1) is 0 Å². The molecule has 4 heterocycles. The van der Waals surface area contributed by atoms with Crippen molar-refractivity contribution in [3.05, 3.63) is 83.1 Å². The van der Waals surface area contributed by atoms with Crippen molar-refractivity contribution >= 4 is 22.7 Å². The molecule has 0 radical (unpaired) electrons. The van der Waals surface area contributed by atoms with Crippen molar-refractivity contribution in [1.29, 1.82) is 0 Å². The Morgan fingerprint density at radius 3 is 1.63 bits per heavy atom. The Labute approximate surface area is 167 Å². The summed E-state index contributed by atoms with van der Waals surface area (Å²) in [5, 5.41) is 3.57. The predicted octanol–water partition coefficient (Wildman–Crippen LogP) is 5.31. The number of nitrogens with one attached hydrogen (secondary N) is 1. The Morgan fingerprint density at radius 1 is 0.667 bits per heavy atom. The summed E-state index contributed by atoms with van der Waals surface area (Å²) in [7, 11) is 0. The SMILES string of the molecule is c1cncc(-c2ccc(CCNCCc3ccc(-c4cccnc4)s3)s2)c1. The van der Waals surface area contributed by atoms with Crippen LogP contribution in [0.15, 0.2) is 73.3 Å². The van der Waals surface area contributed by atoms with Crippen molar-refractivity contribution in [3.63, 3.8) is 0 Å². The largest absolute Gasteiger partial charge is 0.316 e. The maximum absolute atomic E-state index is 4.20. The minimum atomic E-state index is 1.01. The molecule has 27 heavy (non-hydrogen) atoms. The highest BCUT2D eigenvalue weighted by Crippen LogP contribution is 2.28. The highest BCUT2D eigenvalue weighted by Gasteiger charge is 2.04. The van der Waals surface area contributed by atoms with Gasteiger partial charge in [-0.05, 0) is 62.3 Å². The Bertz CT molecular complexity index is 882. The minimum absolute atomic E-state index is 1.01. The van der Waals surface area contributed by atoms with Crippen LogP contribution in [0.3, 0.4) is 0 Å². The molecular formula is C22H21N3S2. The van der Waals surface area contributed by atoms with Crippen LogP contribution in [0.4, 0.5) is 0 Å². The van der Waals surface area contributed by atoms with Crippen molar-refractivity contribution in [3.8, 4) is 20.9 Å². The molecule has 5 heteroatoms. The van der Waals surface area contributed by atoms with E-state index in [9.17, 15) is 0 Å². The van der Waals surface area contributed by atoms with Crippen LogP contribution in [0.1, 0.15) is 9.75 Å². The van der Waals surface area contributed by atoms with Crippen molar-refractivity contribution in [2.75, 3.05) is 13.1 Å². The molecule has 0 saturated heterocycles. The first kappa shape index (κ1) is 18.0. The fourth-order valence-corrected chi connectivity index (χ4v) is 4.89. The van der Waals surface area contributed by atoms with E-state index in [0.717, 1.165) is 25.9 Å². The summed E-state index contributed by atoms with van der Waals surface area (Å²) in [6.07, 6.45) is 9.61. The first-order valence-electron chi connectivity index (χ1n) is 9.07. The Hall–Kier alpha value is -2.34. The number of hydrogen-bond donors (Lipinski definition) is 1. The molecule has 0 unspecified atom stereocenters. The zero-order valence-corrected chi connectivity index (χ0v) is 16.6. The standard InChI is InChI=1S/C22H21N3S2/c1-3-17(15-24-11-1)21-7-5-19(26-21)9-13-23-14-10-20-6-8-22(27-20)18-4-2-12-25-16-18/h1-8,11-12,15-16,23H,9-10,13-14H2. The second-order valence-corrected chi connectivity index (χ2v) is 8.60. The molecule has 0 saturated carbocycles. The van der Waals surface area contributed by atoms with E-state index in [1.165, 1.54) is 30.6 Å². The van der Waals surface area contributed by atoms with E-state index >= 15 is 0 Å². The lowest BCUT2D eigenvalue weighted by molar-refractivity contribution is 0.688. The van der Waals surface area contributed by atoms with Gasteiger partial charge >= 0.3 is 0 Å². The average Bonchev–Trinajstić information content (AvgIpc) is 3.39. The molecule has 136 valence electrons. The first-order chi connectivity index (χ1) is 13.4. The van der Waals surface area contributed by atoms with E-state index in [-0.39, 0.29) is 0 Å². The second kappa shape index (κ2) is 9.04. The van der Waals surface area contributed by atoms with Crippen molar-refractivity contribution in [2.24, 2.45) is 0 Å². The van der Waals surface area contributed by atoms with Gasteiger partial charge in [0.15, 0.2) is 0 Å². The summed E-state index contributed by atoms with van der Waals surface area (Å²) in [6, 6.07) is 17.1. The van der Waals surface area contributed by atoms with Gasteiger partial charge in [-0.3, -0.25) is 9.97 Å². The lowest BCUT2D eigenvalue weighted by atomic mass is 10.2. The smallest absolute Gasteiger partial charge is 0.0361 e. The third-order valence-electron chi connectivity index (χ3n) is 4.31. The summed E-state index contributed by atoms with van der Waals surface area (Å²) < 4.78 is 0. The van der Waals surface area contributed by atoms with Gasteiger partial charge in [-0.2, -0.15) is 0 Å². The molecule has 0 aromatic carbocycles. The highest BCUT2D eigenvalue weighted by atomic mass is 32.1. The second-order valence-electron chi connectivity index (χ2n) is 6.27. The van der Waals surface area contributed by atoms with E-state index in [2.05, 4.69) is 51.7 Å². The minimum Gasteiger partial charge on any atom is -0.316 e. The molecule has 4 rings (SSSR count). The maximum atomic E-state index is 4.20. The quantitative estimate of drug-likeness (QED) is 0.414. The van der Waals surface area contributed by atoms with Crippen LogP contribution in [-0.4, -0.2) is 23.1 Å². The Morgan fingerprint density at radius 2 is 1.19 bits per heavy atom. The molecule has 0 aliphatic carbocycles. The van der Waals surface area contributed by atoms with Crippen molar-refractivity contribution in [1.82, 2.24) is 15.3 Å². The normalized spacial score (nSPS) is 11.0. The van der Waals surface area contributed by atoms with E-state index in [1.54, 1.807) is 0 Å². The summed E-state index contributed by atoms with van der Waals surface area (Å²) in [4.78, 5) is 13.8. The predicted molar refractivity (Wildman–Crippen MR) is 115 cm³/mol. The number of aromatic nitrogens is 2. The van der Waals surface area contributed by atoms with E-state index in [1.807, 2.05) is 59.6 Å². The third-order valence-corrected chi connectivity index (χ3v) is 6.70. The lowest BCUT2D eigenvalue weighted by Crippen LogP contribution is -2.19. The number of rotatable bonds is 8. The monoisotopic (exact) mass is 391 g/mol. The van der Waals surface area contributed by atoms with Crippen LogP contribution in [0.25, 0.3) is 20.9 Å². The molecule has 4 aromatic heterocycles. The zero-order valence-electron chi connectivity index (χ0n) is 15.0. The molecule has 0 aliphatic rings. The summed E-state index contributed by atoms with van der Waals surface area (Å²) in [6.45, 7) is 2.02. The van der Waals surface area contributed by atoms with E-state index in [4.69, 9.17) is 0 Å². The van der Waals surface area contributed by atoms with E-state index < -0.39 is 0 Å². The summed E-state index contributed by atoms with van der Waals surface area (Å²) in [5.74, 6) is 0. The Kier molecular flexibility index (Phi) is 6.04. The van der Waals surface area contributed by atoms with Crippen molar-refractivity contribution in [2.45, 2.75) is 12.8 Å². The molecule has 0 aliphatic heterocycles. The van der Waals surface area contributed by atoms with Gasteiger partial charge < -0.3 is 5.32 Å². The van der Waals surface area contributed by atoms with Crippen LogP contribution in [0.2, 0.25) is 0 Å². The van der Waals surface area contributed by atoms with Gasteiger partial charge in [-0.15, -0.1) is 22.7 Å². The van der Waals surface area contributed by atoms with Crippen LogP contribution < -0.4 is 5.32 Å². The summed E-state index contributed by atoms with van der Waals surface area (Å²) in [5.41, 5.74) is 2.40. The third kappa shape index (κ3) is 4.89. The molecule has 0 bridgehead atoms. The number of pyridine rings is 2. The van der Waals surface area contributed by atoms with Gasteiger partial charge in [0.1, 0.15) is 0 Å². The summed E-state index contributed by atoms with van der Waals surface area (Å²) >= 11 is 3.71. The van der Waals surface area contributed by atoms with Gasteiger partial charge in [0, 0.05) is 55.4 Å². The van der Waals surface area contributed by atoms with Gasteiger partial charge in [-0.25, -0.2) is 0 Å². The van der Waals surface area contributed by atoms with Gasteiger partial charge in [0.2, 0.25) is 0 Å². The molecule has 1 N–H and O–H groups in total. The van der Waals surface area contributed by atoms with Gasteiger partial charge in [-0.1, -0.05) is 12.1 Å². The maximum Gasteiger partial charge on any atom is 0.0361 e.